The second-order valence-electron chi connectivity index (χ2n) is 7.06. The highest BCUT2D eigenvalue weighted by atomic mass is 32.2. The zero-order valence-corrected chi connectivity index (χ0v) is 18.2. The number of nitrogens with one attached hydrogen (secondary N) is 2. The predicted octanol–water partition coefficient (Wildman–Crippen LogP) is 5.17. The van der Waals surface area contributed by atoms with Gasteiger partial charge in [0.05, 0.1) is 10.6 Å². The second-order valence-corrected chi connectivity index (χ2v) is 8.74. The van der Waals surface area contributed by atoms with Crippen molar-refractivity contribution in [2.45, 2.75) is 38.5 Å². The summed E-state index contributed by atoms with van der Waals surface area (Å²) in [6.45, 7) is 5.90. The van der Waals surface area contributed by atoms with Crippen LogP contribution in [-0.2, 0) is 22.9 Å². The molecule has 156 valence electrons. The molecule has 1 amide bonds. The molecule has 6 heteroatoms. The largest absolute Gasteiger partial charge is 0.321 e. The molecular weight excluding hydrogens is 396 g/mol. The topological polar surface area (TPSA) is 75.3 Å². The van der Waals surface area contributed by atoms with Crippen LogP contribution in [0.1, 0.15) is 40.9 Å². The van der Waals surface area contributed by atoms with Crippen LogP contribution in [0, 0.1) is 6.92 Å². The molecule has 0 fully saturated rings. The van der Waals surface area contributed by atoms with Gasteiger partial charge < -0.3 is 5.32 Å². The monoisotopic (exact) mass is 422 g/mol. The molecule has 3 aromatic rings. The van der Waals surface area contributed by atoms with Crippen molar-refractivity contribution >= 4 is 27.3 Å². The van der Waals surface area contributed by atoms with E-state index in [9.17, 15) is 13.2 Å². The highest BCUT2D eigenvalue weighted by Crippen LogP contribution is 2.24. The van der Waals surface area contributed by atoms with Gasteiger partial charge in [0, 0.05) is 11.3 Å². The first-order chi connectivity index (χ1) is 14.4. The molecule has 30 heavy (non-hydrogen) atoms. The summed E-state index contributed by atoms with van der Waals surface area (Å²) in [4.78, 5) is 13.0. The van der Waals surface area contributed by atoms with E-state index in [1.807, 2.05) is 51.1 Å². The lowest BCUT2D eigenvalue weighted by molar-refractivity contribution is 0.102. The van der Waals surface area contributed by atoms with Gasteiger partial charge in [-0.3, -0.25) is 9.52 Å². The van der Waals surface area contributed by atoms with E-state index in [1.165, 1.54) is 12.1 Å². The number of anilines is 2. The first kappa shape index (κ1) is 21.6. The van der Waals surface area contributed by atoms with Crippen LogP contribution in [0.4, 0.5) is 11.4 Å². The van der Waals surface area contributed by atoms with Crippen LogP contribution in [0.25, 0.3) is 0 Å². The molecule has 5 nitrogen and oxygen atoms in total. The van der Waals surface area contributed by atoms with Crippen molar-refractivity contribution in [3.63, 3.8) is 0 Å². The molecule has 0 unspecified atom stereocenters. The van der Waals surface area contributed by atoms with Crippen molar-refractivity contribution < 1.29 is 13.2 Å². The average Bonchev–Trinajstić information content (AvgIpc) is 2.75. The van der Waals surface area contributed by atoms with Crippen LogP contribution in [0.15, 0.2) is 71.6 Å². The molecule has 0 heterocycles. The third-order valence-corrected chi connectivity index (χ3v) is 6.40. The summed E-state index contributed by atoms with van der Waals surface area (Å²) in [6, 6.07) is 19.2. The quantitative estimate of drug-likeness (QED) is 0.551. The molecule has 0 saturated carbocycles. The second kappa shape index (κ2) is 9.13. The molecule has 0 bridgehead atoms. The van der Waals surface area contributed by atoms with Crippen molar-refractivity contribution in [2.75, 3.05) is 10.0 Å². The number of rotatable bonds is 7. The van der Waals surface area contributed by atoms with E-state index in [0.29, 0.717) is 5.69 Å². The Kier molecular flexibility index (Phi) is 6.57. The van der Waals surface area contributed by atoms with E-state index in [4.69, 9.17) is 0 Å². The number of hydrogen-bond acceptors (Lipinski definition) is 3. The minimum absolute atomic E-state index is 0.0397. The Labute approximate surface area is 178 Å². The molecule has 0 aliphatic carbocycles. The van der Waals surface area contributed by atoms with Crippen molar-refractivity contribution in [2.24, 2.45) is 0 Å². The summed E-state index contributed by atoms with van der Waals surface area (Å²) in [6.07, 6.45) is 1.58. The fourth-order valence-electron chi connectivity index (χ4n) is 3.28. The predicted molar refractivity (Wildman–Crippen MR) is 122 cm³/mol. The Bertz CT molecular complexity index is 1150. The van der Waals surface area contributed by atoms with Crippen molar-refractivity contribution in [3.8, 4) is 0 Å². The van der Waals surface area contributed by atoms with Gasteiger partial charge in [-0.25, -0.2) is 8.42 Å². The summed E-state index contributed by atoms with van der Waals surface area (Å²) in [7, 11) is -3.82. The summed E-state index contributed by atoms with van der Waals surface area (Å²) < 4.78 is 28.3. The highest BCUT2D eigenvalue weighted by Gasteiger charge is 2.18. The van der Waals surface area contributed by atoms with E-state index in [1.54, 1.807) is 24.3 Å². The maximum atomic E-state index is 12.9. The Balaban J connectivity index is 1.89. The van der Waals surface area contributed by atoms with Gasteiger partial charge in [-0.1, -0.05) is 56.3 Å². The molecule has 0 spiro atoms. The minimum atomic E-state index is -3.82. The lowest BCUT2D eigenvalue weighted by atomic mass is 10.0. The Hall–Kier alpha value is -3.12. The molecule has 2 N–H and O–H groups in total. The summed E-state index contributed by atoms with van der Waals surface area (Å²) in [5.74, 6) is -0.335. The maximum absolute atomic E-state index is 12.9. The number of sulfonamides is 1. The zero-order valence-electron chi connectivity index (χ0n) is 17.4. The van der Waals surface area contributed by atoms with Gasteiger partial charge >= 0.3 is 0 Å². The molecule has 0 aliphatic heterocycles. The van der Waals surface area contributed by atoms with Gasteiger partial charge in [-0.15, -0.1) is 0 Å². The number of aryl methyl sites for hydroxylation is 3. The summed E-state index contributed by atoms with van der Waals surface area (Å²) in [5.41, 5.74) is 4.52. The Morgan fingerprint density at radius 1 is 0.867 bits per heavy atom. The third kappa shape index (κ3) is 4.71. The molecular formula is C24H26N2O3S. The van der Waals surface area contributed by atoms with Crippen LogP contribution >= 0.6 is 0 Å². The van der Waals surface area contributed by atoms with Gasteiger partial charge in [0.1, 0.15) is 0 Å². The number of para-hydroxylation sites is 2. The fourth-order valence-corrected chi connectivity index (χ4v) is 4.46. The van der Waals surface area contributed by atoms with Crippen LogP contribution in [0.2, 0.25) is 0 Å². The van der Waals surface area contributed by atoms with Gasteiger partial charge in [-0.2, -0.15) is 0 Å². The summed E-state index contributed by atoms with van der Waals surface area (Å²) >= 11 is 0. The first-order valence-electron chi connectivity index (χ1n) is 9.96. The average molecular weight is 423 g/mol. The van der Waals surface area contributed by atoms with Crippen LogP contribution in [0.3, 0.4) is 0 Å². The van der Waals surface area contributed by atoms with Crippen molar-refractivity contribution in [1.29, 1.82) is 0 Å². The van der Waals surface area contributed by atoms with Crippen molar-refractivity contribution in [1.82, 2.24) is 0 Å². The first-order valence-corrected chi connectivity index (χ1v) is 11.4. The maximum Gasteiger partial charge on any atom is 0.261 e. The molecule has 0 aliphatic rings. The Morgan fingerprint density at radius 3 is 2.13 bits per heavy atom. The fraction of sp³-hybridized carbons (Fsp3) is 0.208. The number of amides is 1. The molecule has 0 radical (unpaired) electrons. The number of carbonyl (C=O) groups is 1. The van der Waals surface area contributed by atoms with E-state index in [2.05, 4.69) is 10.0 Å². The van der Waals surface area contributed by atoms with Crippen molar-refractivity contribution in [3.05, 3.63) is 89.0 Å². The van der Waals surface area contributed by atoms with Crippen LogP contribution < -0.4 is 10.0 Å². The lowest BCUT2D eigenvalue weighted by Gasteiger charge is -2.15. The molecule has 0 atom stereocenters. The van der Waals surface area contributed by atoms with Gasteiger partial charge in [0.2, 0.25) is 0 Å². The minimum Gasteiger partial charge on any atom is -0.321 e. The molecule has 3 aromatic carbocycles. The number of carbonyl (C=O) groups excluding carboxylic acids is 1. The third-order valence-electron chi connectivity index (χ3n) is 5.03. The Morgan fingerprint density at radius 2 is 1.50 bits per heavy atom. The highest BCUT2D eigenvalue weighted by molar-refractivity contribution is 7.92. The number of benzene rings is 3. The van der Waals surface area contributed by atoms with Gasteiger partial charge in [-0.05, 0) is 60.7 Å². The SMILES string of the molecule is CCc1cccc(CC)c1NC(=O)c1cccc(S(=O)(=O)Nc2ccccc2C)c1. The normalized spacial score (nSPS) is 11.2. The van der Waals surface area contributed by atoms with Gasteiger partial charge in [0.25, 0.3) is 15.9 Å². The van der Waals surface area contributed by atoms with E-state index in [0.717, 1.165) is 35.2 Å². The lowest BCUT2D eigenvalue weighted by Crippen LogP contribution is -2.17. The number of hydrogen-bond donors (Lipinski definition) is 2. The van der Waals surface area contributed by atoms with E-state index in [-0.39, 0.29) is 16.4 Å². The van der Waals surface area contributed by atoms with Crippen LogP contribution in [0.5, 0.6) is 0 Å². The smallest absolute Gasteiger partial charge is 0.261 e. The molecule has 3 rings (SSSR count). The zero-order chi connectivity index (χ0) is 21.7. The van der Waals surface area contributed by atoms with E-state index >= 15 is 0 Å². The van der Waals surface area contributed by atoms with Gasteiger partial charge in [0.15, 0.2) is 0 Å². The van der Waals surface area contributed by atoms with E-state index < -0.39 is 10.0 Å². The van der Waals surface area contributed by atoms with Crippen LogP contribution in [-0.4, -0.2) is 14.3 Å². The molecule has 0 saturated heterocycles. The summed E-state index contributed by atoms with van der Waals surface area (Å²) in [5, 5.41) is 2.98. The standard InChI is InChI=1S/C24H26N2O3S/c1-4-18-11-8-12-19(5-2)23(18)25-24(27)20-13-9-14-21(16-20)30(28,29)26-22-15-7-6-10-17(22)3/h6-16,26H,4-5H2,1-3H3,(H,25,27). The molecule has 0 aromatic heterocycles.